The summed E-state index contributed by atoms with van der Waals surface area (Å²) in [7, 11) is 1.64. The number of ketones is 1. The van der Waals surface area contributed by atoms with Crippen LogP contribution in [0.1, 0.15) is 47.7 Å². The molecule has 0 aromatic heterocycles. The van der Waals surface area contributed by atoms with E-state index in [1.165, 1.54) is 24.9 Å². The standard InChI is InChI=1S/C30H33NO4/c1-3-34-29-9-5-6-10-30(29)35-22-25-21-23(12-18-28(25)33-2)11-17-27(32)24-13-15-26(16-14-24)31-19-7-4-8-20-31/h5-6,9-18,21H,3-4,7-8,19-20,22H2,1-2H3/b17-11+. The lowest BCUT2D eigenvalue weighted by Gasteiger charge is -2.28. The summed E-state index contributed by atoms with van der Waals surface area (Å²) in [6.07, 6.45) is 7.22. The molecule has 5 nitrogen and oxygen atoms in total. The Balaban J connectivity index is 1.43. The van der Waals surface area contributed by atoms with Crippen LogP contribution in [0.3, 0.4) is 0 Å². The molecule has 1 aliphatic rings. The minimum Gasteiger partial charge on any atom is -0.496 e. The summed E-state index contributed by atoms with van der Waals surface area (Å²) in [5, 5.41) is 0. The molecule has 0 radical (unpaired) electrons. The van der Waals surface area contributed by atoms with Crippen LogP contribution in [-0.2, 0) is 6.61 Å². The van der Waals surface area contributed by atoms with Gasteiger partial charge in [-0.05, 0) is 86.4 Å². The van der Waals surface area contributed by atoms with E-state index in [1.54, 1.807) is 13.2 Å². The summed E-state index contributed by atoms with van der Waals surface area (Å²) in [6, 6.07) is 21.3. The van der Waals surface area contributed by atoms with E-state index in [9.17, 15) is 4.79 Å². The molecule has 0 atom stereocenters. The van der Waals surface area contributed by atoms with Gasteiger partial charge >= 0.3 is 0 Å². The molecule has 1 saturated heterocycles. The molecule has 3 aromatic carbocycles. The maximum atomic E-state index is 12.8. The number of nitrogens with zero attached hydrogens (tertiary/aromatic N) is 1. The molecule has 4 rings (SSSR count). The monoisotopic (exact) mass is 471 g/mol. The zero-order chi connectivity index (χ0) is 24.5. The molecular formula is C30H33NO4. The van der Waals surface area contributed by atoms with Crippen LogP contribution in [0.2, 0.25) is 0 Å². The Labute approximate surface area is 207 Å². The second kappa shape index (κ2) is 12.1. The Bertz CT molecular complexity index is 1150. The molecule has 0 bridgehead atoms. The van der Waals surface area contributed by atoms with Gasteiger partial charge in [0.2, 0.25) is 0 Å². The number of allylic oxidation sites excluding steroid dienone is 1. The van der Waals surface area contributed by atoms with Gasteiger partial charge < -0.3 is 19.1 Å². The van der Waals surface area contributed by atoms with Crippen molar-refractivity contribution in [3.8, 4) is 17.2 Å². The zero-order valence-electron chi connectivity index (χ0n) is 20.5. The summed E-state index contributed by atoms with van der Waals surface area (Å²) in [4.78, 5) is 15.1. The van der Waals surface area contributed by atoms with Crippen LogP contribution in [0.4, 0.5) is 5.69 Å². The van der Waals surface area contributed by atoms with Crippen molar-refractivity contribution in [3.05, 3.63) is 89.5 Å². The number of carbonyl (C=O) groups is 1. The average molecular weight is 472 g/mol. The van der Waals surface area contributed by atoms with Crippen molar-refractivity contribution in [3.63, 3.8) is 0 Å². The first-order valence-corrected chi connectivity index (χ1v) is 12.3. The number of carbonyl (C=O) groups excluding carboxylic acids is 1. The lowest BCUT2D eigenvalue weighted by molar-refractivity contribution is 0.104. The Morgan fingerprint density at radius 2 is 1.60 bits per heavy atom. The van der Waals surface area contributed by atoms with Crippen molar-refractivity contribution in [2.75, 3.05) is 31.7 Å². The fourth-order valence-corrected chi connectivity index (χ4v) is 4.27. The Hall–Kier alpha value is -3.73. The number of anilines is 1. The highest BCUT2D eigenvalue weighted by Gasteiger charge is 2.12. The van der Waals surface area contributed by atoms with Gasteiger partial charge in [-0.15, -0.1) is 0 Å². The Kier molecular flexibility index (Phi) is 8.44. The van der Waals surface area contributed by atoms with Gasteiger partial charge in [-0.25, -0.2) is 0 Å². The highest BCUT2D eigenvalue weighted by Crippen LogP contribution is 2.29. The number of hydrogen-bond acceptors (Lipinski definition) is 5. The fourth-order valence-electron chi connectivity index (χ4n) is 4.27. The van der Waals surface area contributed by atoms with Gasteiger partial charge in [0.15, 0.2) is 17.3 Å². The summed E-state index contributed by atoms with van der Waals surface area (Å²) in [5.41, 5.74) is 3.67. The van der Waals surface area contributed by atoms with E-state index < -0.39 is 0 Å². The van der Waals surface area contributed by atoms with Crippen molar-refractivity contribution >= 4 is 17.5 Å². The number of methoxy groups -OCH3 is 1. The van der Waals surface area contributed by atoms with Crippen molar-refractivity contribution in [1.82, 2.24) is 0 Å². The van der Waals surface area contributed by atoms with E-state index in [4.69, 9.17) is 14.2 Å². The highest BCUT2D eigenvalue weighted by atomic mass is 16.5. The van der Waals surface area contributed by atoms with Crippen LogP contribution in [-0.4, -0.2) is 32.6 Å². The number of ether oxygens (including phenoxy) is 3. The van der Waals surface area contributed by atoms with Gasteiger partial charge in [0.1, 0.15) is 12.4 Å². The van der Waals surface area contributed by atoms with Gasteiger partial charge in [0.05, 0.1) is 13.7 Å². The van der Waals surface area contributed by atoms with Crippen molar-refractivity contribution < 1.29 is 19.0 Å². The highest BCUT2D eigenvalue weighted by molar-refractivity contribution is 6.07. The van der Waals surface area contributed by atoms with Crippen LogP contribution in [0.5, 0.6) is 17.2 Å². The normalized spacial score (nSPS) is 13.6. The first kappa shape index (κ1) is 24.4. The topological polar surface area (TPSA) is 48.0 Å². The largest absolute Gasteiger partial charge is 0.496 e. The third-order valence-electron chi connectivity index (χ3n) is 6.14. The van der Waals surface area contributed by atoms with Crippen LogP contribution >= 0.6 is 0 Å². The summed E-state index contributed by atoms with van der Waals surface area (Å²) < 4.78 is 17.2. The van der Waals surface area contributed by atoms with Gasteiger partial charge in [-0.3, -0.25) is 4.79 Å². The smallest absolute Gasteiger partial charge is 0.185 e. The average Bonchev–Trinajstić information content (AvgIpc) is 2.92. The lowest BCUT2D eigenvalue weighted by atomic mass is 10.1. The molecule has 0 saturated carbocycles. The SMILES string of the molecule is CCOc1ccccc1OCc1cc(/C=C/C(=O)c2ccc(N3CCCCC3)cc2)ccc1OC. The van der Waals surface area contributed by atoms with Gasteiger partial charge in [-0.2, -0.15) is 0 Å². The molecule has 35 heavy (non-hydrogen) atoms. The number of rotatable bonds is 10. The Morgan fingerprint density at radius 3 is 2.29 bits per heavy atom. The number of para-hydroxylation sites is 2. The molecule has 182 valence electrons. The molecule has 1 aliphatic heterocycles. The van der Waals surface area contributed by atoms with Crippen molar-refractivity contribution in [1.29, 1.82) is 0 Å². The third-order valence-corrected chi connectivity index (χ3v) is 6.14. The fraction of sp³-hybridized carbons (Fsp3) is 0.300. The molecule has 0 spiro atoms. The maximum Gasteiger partial charge on any atom is 0.185 e. The van der Waals surface area contributed by atoms with Crippen molar-refractivity contribution in [2.45, 2.75) is 32.8 Å². The number of hydrogen-bond donors (Lipinski definition) is 0. The quantitative estimate of drug-likeness (QED) is 0.248. The first-order chi connectivity index (χ1) is 17.2. The number of piperidine rings is 1. The molecule has 1 heterocycles. The molecular weight excluding hydrogens is 438 g/mol. The second-order valence-electron chi connectivity index (χ2n) is 8.53. The summed E-state index contributed by atoms with van der Waals surface area (Å²) in [5.74, 6) is 2.10. The second-order valence-corrected chi connectivity index (χ2v) is 8.53. The molecule has 5 heteroatoms. The first-order valence-electron chi connectivity index (χ1n) is 12.3. The van der Waals surface area contributed by atoms with E-state index in [1.807, 2.05) is 67.6 Å². The van der Waals surface area contributed by atoms with Crippen LogP contribution in [0.25, 0.3) is 6.08 Å². The zero-order valence-corrected chi connectivity index (χ0v) is 20.5. The van der Waals surface area contributed by atoms with Crippen molar-refractivity contribution in [2.24, 2.45) is 0 Å². The summed E-state index contributed by atoms with van der Waals surface area (Å²) in [6.45, 7) is 5.02. The van der Waals surface area contributed by atoms with Crippen LogP contribution in [0, 0.1) is 0 Å². The molecule has 1 fully saturated rings. The lowest BCUT2D eigenvalue weighted by Crippen LogP contribution is -2.29. The molecule has 0 amide bonds. The predicted molar refractivity (Wildman–Crippen MR) is 141 cm³/mol. The van der Waals surface area contributed by atoms with Gasteiger partial charge in [-0.1, -0.05) is 24.3 Å². The van der Waals surface area contributed by atoms with E-state index in [0.717, 1.165) is 30.0 Å². The number of benzene rings is 3. The van der Waals surface area contributed by atoms with Gasteiger partial charge in [0, 0.05) is 29.9 Å². The molecule has 0 N–H and O–H groups in total. The van der Waals surface area contributed by atoms with E-state index >= 15 is 0 Å². The van der Waals surface area contributed by atoms with Crippen LogP contribution in [0.15, 0.2) is 72.8 Å². The summed E-state index contributed by atoms with van der Waals surface area (Å²) >= 11 is 0. The van der Waals surface area contributed by atoms with Gasteiger partial charge in [0.25, 0.3) is 0 Å². The van der Waals surface area contributed by atoms with E-state index in [2.05, 4.69) is 17.0 Å². The van der Waals surface area contributed by atoms with E-state index in [0.29, 0.717) is 30.3 Å². The Morgan fingerprint density at radius 1 is 0.886 bits per heavy atom. The predicted octanol–water partition coefficient (Wildman–Crippen LogP) is 6.56. The van der Waals surface area contributed by atoms with E-state index in [-0.39, 0.29) is 5.78 Å². The molecule has 0 unspecified atom stereocenters. The van der Waals surface area contributed by atoms with Crippen LogP contribution < -0.4 is 19.1 Å². The molecule has 0 aliphatic carbocycles. The molecule has 3 aromatic rings. The minimum atomic E-state index is -0.0190. The third kappa shape index (κ3) is 6.44. The maximum absolute atomic E-state index is 12.8. The minimum absolute atomic E-state index is 0.0190.